The van der Waals surface area contributed by atoms with Gasteiger partial charge in [0.2, 0.25) is 0 Å². The van der Waals surface area contributed by atoms with Crippen molar-refractivity contribution < 1.29 is 0 Å². The summed E-state index contributed by atoms with van der Waals surface area (Å²) in [5.74, 6) is 1.27. The van der Waals surface area contributed by atoms with Gasteiger partial charge in [-0.15, -0.1) is 0 Å². The molecule has 3 nitrogen and oxygen atoms in total. The van der Waals surface area contributed by atoms with E-state index in [9.17, 15) is 0 Å². The van der Waals surface area contributed by atoms with Gasteiger partial charge in [-0.3, -0.25) is 9.80 Å². The first-order chi connectivity index (χ1) is 9.07. The standard InChI is InChI=1S/C15H29N3S/c1-14(2)12-18(9-10-19-14)15(11-16)6-8-17-7-4-3-5-13(15)17/h13H,3-12,16H2,1-2H3. The number of rotatable bonds is 2. The molecule has 0 aliphatic carbocycles. The Bertz CT molecular complexity index is 333. The van der Waals surface area contributed by atoms with Crippen LogP contribution in [0.25, 0.3) is 0 Å². The molecule has 0 aromatic heterocycles. The van der Waals surface area contributed by atoms with Gasteiger partial charge >= 0.3 is 0 Å². The monoisotopic (exact) mass is 283 g/mol. The minimum absolute atomic E-state index is 0.276. The quantitative estimate of drug-likeness (QED) is 0.837. The molecular weight excluding hydrogens is 254 g/mol. The van der Waals surface area contributed by atoms with Gasteiger partial charge in [0, 0.05) is 48.3 Å². The zero-order valence-corrected chi connectivity index (χ0v) is 13.3. The van der Waals surface area contributed by atoms with E-state index in [1.165, 1.54) is 57.6 Å². The van der Waals surface area contributed by atoms with E-state index in [0.717, 1.165) is 12.6 Å². The molecule has 3 rings (SSSR count). The molecule has 0 spiro atoms. The van der Waals surface area contributed by atoms with E-state index < -0.39 is 0 Å². The number of hydrogen-bond acceptors (Lipinski definition) is 4. The summed E-state index contributed by atoms with van der Waals surface area (Å²) in [6.45, 7) is 10.6. The fourth-order valence-electron chi connectivity index (χ4n) is 4.50. The molecule has 2 atom stereocenters. The molecule has 3 aliphatic heterocycles. The first kappa shape index (κ1) is 14.2. The minimum atomic E-state index is 0.276. The van der Waals surface area contributed by atoms with E-state index in [1.54, 1.807) is 0 Å². The van der Waals surface area contributed by atoms with Gasteiger partial charge in [0.25, 0.3) is 0 Å². The molecule has 0 bridgehead atoms. The van der Waals surface area contributed by atoms with Gasteiger partial charge in [0.1, 0.15) is 0 Å². The van der Waals surface area contributed by atoms with E-state index in [-0.39, 0.29) is 5.54 Å². The molecular formula is C15H29N3S. The average molecular weight is 283 g/mol. The zero-order chi connectivity index (χ0) is 13.5. The van der Waals surface area contributed by atoms with Gasteiger partial charge in [-0.2, -0.15) is 11.8 Å². The predicted molar refractivity (Wildman–Crippen MR) is 83.7 cm³/mol. The van der Waals surface area contributed by atoms with Gasteiger partial charge in [0.15, 0.2) is 0 Å². The highest BCUT2D eigenvalue weighted by molar-refractivity contribution is 8.00. The van der Waals surface area contributed by atoms with Crippen molar-refractivity contribution in [3.8, 4) is 0 Å². The number of hydrogen-bond donors (Lipinski definition) is 1. The topological polar surface area (TPSA) is 32.5 Å². The summed E-state index contributed by atoms with van der Waals surface area (Å²) in [6.07, 6.45) is 5.43. The summed E-state index contributed by atoms with van der Waals surface area (Å²) in [6, 6.07) is 0.727. The maximum Gasteiger partial charge on any atom is 0.0499 e. The summed E-state index contributed by atoms with van der Waals surface area (Å²) in [4.78, 5) is 5.49. The number of nitrogens with zero attached hydrogens (tertiary/aromatic N) is 2. The first-order valence-electron chi connectivity index (χ1n) is 7.91. The molecule has 0 amide bonds. The molecule has 0 aromatic carbocycles. The molecule has 110 valence electrons. The van der Waals surface area contributed by atoms with E-state index in [4.69, 9.17) is 5.73 Å². The number of fused-ring (bicyclic) bond motifs is 1. The second kappa shape index (κ2) is 5.21. The molecule has 3 saturated heterocycles. The van der Waals surface area contributed by atoms with Crippen LogP contribution in [0.5, 0.6) is 0 Å². The van der Waals surface area contributed by atoms with E-state index in [0.29, 0.717) is 4.75 Å². The molecule has 3 heterocycles. The molecule has 3 aliphatic rings. The smallest absolute Gasteiger partial charge is 0.0499 e. The van der Waals surface area contributed by atoms with Gasteiger partial charge in [-0.1, -0.05) is 6.42 Å². The summed E-state index contributed by atoms with van der Waals surface area (Å²) in [5.41, 5.74) is 6.60. The van der Waals surface area contributed by atoms with Crippen LogP contribution in [0.15, 0.2) is 0 Å². The highest BCUT2D eigenvalue weighted by Crippen LogP contribution is 2.42. The fraction of sp³-hybridized carbons (Fsp3) is 1.00. The molecule has 0 aromatic rings. The minimum Gasteiger partial charge on any atom is -0.329 e. The van der Waals surface area contributed by atoms with Crippen molar-refractivity contribution in [1.82, 2.24) is 9.80 Å². The third-order valence-corrected chi connectivity index (χ3v) is 6.77. The van der Waals surface area contributed by atoms with Gasteiger partial charge in [-0.25, -0.2) is 0 Å². The van der Waals surface area contributed by atoms with Crippen LogP contribution < -0.4 is 5.73 Å². The van der Waals surface area contributed by atoms with Crippen molar-refractivity contribution in [3.05, 3.63) is 0 Å². The third kappa shape index (κ3) is 2.45. The van der Waals surface area contributed by atoms with Gasteiger partial charge < -0.3 is 5.73 Å². The van der Waals surface area contributed by atoms with Crippen LogP contribution in [0.3, 0.4) is 0 Å². The Labute approximate surface area is 122 Å². The Balaban J connectivity index is 1.82. The summed E-state index contributed by atoms with van der Waals surface area (Å²) in [7, 11) is 0. The van der Waals surface area contributed by atoms with Crippen LogP contribution in [-0.4, -0.2) is 64.6 Å². The largest absolute Gasteiger partial charge is 0.329 e. The summed E-state index contributed by atoms with van der Waals surface area (Å²) >= 11 is 2.13. The van der Waals surface area contributed by atoms with Crippen molar-refractivity contribution >= 4 is 11.8 Å². The Morgan fingerprint density at radius 3 is 2.79 bits per heavy atom. The number of piperidine rings is 1. The van der Waals surface area contributed by atoms with Crippen molar-refractivity contribution in [2.75, 3.05) is 38.5 Å². The van der Waals surface area contributed by atoms with Crippen molar-refractivity contribution in [2.24, 2.45) is 5.73 Å². The van der Waals surface area contributed by atoms with Gasteiger partial charge in [0.05, 0.1) is 0 Å². The predicted octanol–water partition coefficient (Wildman–Crippen LogP) is 1.77. The third-order valence-electron chi connectivity index (χ3n) is 5.47. The lowest BCUT2D eigenvalue weighted by Crippen LogP contribution is -2.65. The van der Waals surface area contributed by atoms with Crippen LogP contribution in [-0.2, 0) is 0 Å². The summed E-state index contributed by atoms with van der Waals surface area (Å²) in [5, 5.41) is 0. The normalized spacial score (nSPS) is 40.3. The molecule has 19 heavy (non-hydrogen) atoms. The van der Waals surface area contributed by atoms with Crippen LogP contribution in [0, 0.1) is 0 Å². The van der Waals surface area contributed by atoms with Crippen molar-refractivity contribution in [3.63, 3.8) is 0 Å². The Morgan fingerprint density at radius 1 is 1.21 bits per heavy atom. The van der Waals surface area contributed by atoms with Crippen LogP contribution >= 0.6 is 11.8 Å². The van der Waals surface area contributed by atoms with Crippen molar-refractivity contribution in [1.29, 1.82) is 0 Å². The molecule has 0 radical (unpaired) electrons. The molecule has 2 N–H and O–H groups in total. The zero-order valence-electron chi connectivity index (χ0n) is 12.5. The lowest BCUT2D eigenvalue weighted by Gasteiger charge is -2.51. The van der Waals surface area contributed by atoms with E-state index in [2.05, 4.69) is 35.4 Å². The lowest BCUT2D eigenvalue weighted by atomic mass is 9.83. The SMILES string of the molecule is CC1(C)CN(C2(CN)CCN3CCCCC32)CCS1. The Morgan fingerprint density at radius 2 is 2.05 bits per heavy atom. The van der Waals surface area contributed by atoms with Crippen molar-refractivity contribution in [2.45, 2.75) is 55.9 Å². The Kier molecular flexibility index (Phi) is 3.89. The molecule has 0 saturated carbocycles. The highest BCUT2D eigenvalue weighted by atomic mass is 32.2. The fourth-order valence-corrected chi connectivity index (χ4v) is 5.62. The second-order valence-electron chi connectivity index (χ2n) is 7.13. The second-order valence-corrected chi connectivity index (χ2v) is 8.94. The van der Waals surface area contributed by atoms with Crippen LogP contribution in [0.1, 0.15) is 39.5 Å². The highest BCUT2D eigenvalue weighted by Gasteiger charge is 2.52. The van der Waals surface area contributed by atoms with Crippen LogP contribution in [0.4, 0.5) is 0 Å². The number of thioether (sulfide) groups is 1. The molecule has 2 unspecified atom stereocenters. The lowest BCUT2D eigenvalue weighted by molar-refractivity contribution is 0.0342. The van der Waals surface area contributed by atoms with E-state index in [1.807, 2.05) is 0 Å². The molecule has 3 fully saturated rings. The summed E-state index contributed by atoms with van der Waals surface area (Å²) < 4.78 is 0.391. The average Bonchev–Trinajstić information content (AvgIpc) is 2.77. The first-order valence-corrected chi connectivity index (χ1v) is 8.89. The number of nitrogens with two attached hydrogens (primary N) is 1. The maximum absolute atomic E-state index is 6.32. The van der Waals surface area contributed by atoms with Crippen LogP contribution in [0.2, 0.25) is 0 Å². The Hall–Kier alpha value is 0.230. The molecule has 4 heteroatoms. The maximum atomic E-state index is 6.32. The van der Waals surface area contributed by atoms with Gasteiger partial charge in [-0.05, 0) is 39.7 Å². The van der Waals surface area contributed by atoms with E-state index >= 15 is 0 Å².